The number of nitrogens with two attached hydrogens (primary N) is 1. The third-order valence-electron chi connectivity index (χ3n) is 3.40. The molecule has 1 aliphatic carbocycles. The lowest BCUT2D eigenvalue weighted by Crippen LogP contribution is -2.29. The van der Waals surface area contributed by atoms with Crippen molar-refractivity contribution in [3.05, 3.63) is 33.9 Å². The van der Waals surface area contributed by atoms with Crippen LogP contribution >= 0.6 is 0 Å². The van der Waals surface area contributed by atoms with Gasteiger partial charge in [-0.1, -0.05) is 13.0 Å². The zero-order chi connectivity index (χ0) is 14.0. The summed E-state index contributed by atoms with van der Waals surface area (Å²) in [5, 5.41) is 13.8. The summed E-state index contributed by atoms with van der Waals surface area (Å²) < 4.78 is 0. The number of amides is 1. The van der Waals surface area contributed by atoms with Crippen molar-refractivity contribution >= 4 is 17.3 Å². The summed E-state index contributed by atoms with van der Waals surface area (Å²) in [6, 6.07) is 4.43. The number of nitro benzene ring substituents is 1. The van der Waals surface area contributed by atoms with Crippen molar-refractivity contribution in [2.45, 2.75) is 19.8 Å². The third-order valence-corrected chi connectivity index (χ3v) is 3.40. The Balaban J connectivity index is 2.22. The zero-order valence-corrected chi connectivity index (χ0v) is 10.6. The van der Waals surface area contributed by atoms with E-state index >= 15 is 0 Å². The van der Waals surface area contributed by atoms with Crippen molar-refractivity contribution in [1.82, 2.24) is 5.32 Å². The topological polar surface area (TPSA) is 110 Å². The maximum atomic E-state index is 12.0. The van der Waals surface area contributed by atoms with Gasteiger partial charge in [0.25, 0.3) is 5.91 Å². The predicted octanol–water partition coefficient (Wildman–Crippen LogP) is 1.41. The number of carbonyl (C=O) groups is 1. The van der Waals surface area contributed by atoms with E-state index in [0.29, 0.717) is 6.54 Å². The van der Waals surface area contributed by atoms with Gasteiger partial charge in [-0.2, -0.15) is 0 Å². The molecule has 0 saturated heterocycles. The van der Waals surface area contributed by atoms with Gasteiger partial charge < -0.3 is 10.7 Å². The summed E-state index contributed by atoms with van der Waals surface area (Å²) >= 11 is 0. The second-order valence-electron chi connectivity index (χ2n) is 5.10. The van der Waals surface area contributed by atoms with E-state index in [1.54, 1.807) is 6.07 Å². The first kappa shape index (κ1) is 13.3. The van der Waals surface area contributed by atoms with Crippen LogP contribution in [-0.4, -0.2) is 17.4 Å². The molecule has 1 saturated carbocycles. The van der Waals surface area contributed by atoms with E-state index in [9.17, 15) is 14.9 Å². The van der Waals surface area contributed by atoms with Gasteiger partial charge in [0, 0.05) is 6.54 Å². The molecule has 1 aromatic carbocycles. The molecule has 0 spiro atoms. The number of nitro groups is 1. The van der Waals surface area contributed by atoms with Gasteiger partial charge in [0.15, 0.2) is 0 Å². The molecule has 102 valence electrons. The largest absolute Gasteiger partial charge is 0.351 e. The Bertz CT molecular complexity index is 526. The fraction of sp³-hybridized carbons (Fsp3) is 0.417. The summed E-state index contributed by atoms with van der Waals surface area (Å²) in [4.78, 5) is 22.5. The lowest BCUT2D eigenvalue weighted by atomic mass is 10.1. The van der Waals surface area contributed by atoms with Gasteiger partial charge in [0.05, 0.1) is 4.92 Å². The molecule has 2 rings (SSSR count). The minimum atomic E-state index is -0.608. The highest BCUT2D eigenvalue weighted by Gasteiger charge is 2.37. The fourth-order valence-electron chi connectivity index (χ4n) is 1.82. The predicted molar refractivity (Wildman–Crippen MR) is 70.6 cm³/mol. The van der Waals surface area contributed by atoms with Gasteiger partial charge in [-0.15, -0.1) is 0 Å². The van der Waals surface area contributed by atoms with Crippen LogP contribution in [0.3, 0.4) is 0 Å². The highest BCUT2D eigenvalue weighted by Crippen LogP contribution is 2.44. The molecule has 0 radical (unpaired) electrons. The monoisotopic (exact) mass is 264 g/mol. The number of carbonyl (C=O) groups excluding carboxylic acids is 1. The summed E-state index contributed by atoms with van der Waals surface area (Å²) in [6.45, 7) is 2.60. The summed E-state index contributed by atoms with van der Waals surface area (Å²) in [6.07, 6.45) is 2.14. The van der Waals surface area contributed by atoms with Gasteiger partial charge in [-0.3, -0.25) is 20.8 Å². The molecular formula is C12H16N4O3. The van der Waals surface area contributed by atoms with Crippen LogP contribution in [0, 0.1) is 15.5 Å². The SMILES string of the molecule is CC1(CNC(=O)c2cccc(NN)c2[N+](=O)[O-])CC1. The highest BCUT2D eigenvalue weighted by atomic mass is 16.6. The molecule has 0 aliphatic heterocycles. The van der Waals surface area contributed by atoms with E-state index < -0.39 is 10.8 Å². The molecule has 0 atom stereocenters. The van der Waals surface area contributed by atoms with E-state index in [4.69, 9.17) is 5.84 Å². The number of hydrogen-bond donors (Lipinski definition) is 3. The summed E-state index contributed by atoms with van der Waals surface area (Å²) in [5.74, 6) is 4.78. The van der Waals surface area contributed by atoms with Crippen molar-refractivity contribution in [2.75, 3.05) is 12.0 Å². The first-order chi connectivity index (χ1) is 8.97. The van der Waals surface area contributed by atoms with Gasteiger partial charge in [-0.25, -0.2) is 0 Å². The Morgan fingerprint density at radius 1 is 1.53 bits per heavy atom. The molecule has 7 heteroatoms. The molecular weight excluding hydrogens is 248 g/mol. The average Bonchev–Trinajstić information content (AvgIpc) is 3.13. The number of rotatable bonds is 5. The second kappa shape index (κ2) is 4.85. The number of nitrogens with one attached hydrogen (secondary N) is 2. The van der Waals surface area contributed by atoms with Gasteiger partial charge in [0.2, 0.25) is 0 Å². The normalized spacial score (nSPS) is 15.7. The Morgan fingerprint density at radius 2 is 2.21 bits per heavy atom. The second-order valence-corrected chi connectivity index (χ2v) is 5.10. The Labute approximate surface area is 110 Å². The number of hydrogen-bond acceptors (Lipinski definition) is 5. The minimum absolute atomic E-state index is 0.0182. The van der Waals surface area contributed by atoms with Crippen LogP contribution in [0.4, 0.5) is 11.4 Å². The van der Waals surface area contributed by atoms with Crippen molar-refractivity contribution < 1.29 is 9.72 Å². The van der Waals surface area contributed by atoms with Crippen LogP contribution in [0.15, 0.2) is 18.2 Å². The van der Waals surface area contributed by atoms with Crippen molar-refractivity contribution in [3.63, 3.8) is 0 Å². The standard InChI is InChI=1S/C12H16N4O3/c1-12(5-6-12)7-14-11(17)8-3-2-4-9(15-13)10(8)16(18)19/h2-4,15H,5-7,13H2,1H3,(H,14,17). The molecule has 4 N–H and O–H groups in total. The lowest BCUT2D eigenvalue weighted by Gasteiger charge is -2.11. The third kappa shape index (κ3) is 2.82. The number of benzene rings is 1. The molecule has 1 aromatic rings. The Hall–Kier alpha value is -2.15. The highest BCUT2D eigenvalue weighted by molar-refractivity contribution is 6.00. The Morgan fingerprint density at radius 3 is 2.74 bits per heavy atom. The molecule has 0 unspecified atom stereocenters. The van der Waals surface area contributed by atoms with Crippen LogP contribution in [0.2, 0.25) is 0 Å². The molecule has 1 amide bonds. The van der Waals surface area contributed by atoms with E-state index in [2.05, 4.69) is 17.7 Å². The molecule has 19 heavy (non-hydrogen) atoms. The minimum Gasteiger partial charge on any atom is -0.351 e. The van der Waals surface area contributed by atoms with Crippen LogP contribution in [0.25, 0.3) is 0 Å². The lowest BCUT2D eigenvalue weighted by molar-refractivity contribution is -0.384. The van der Waals surface area contributed by atoms with Crippen molar-refractivity contribution in [3.8, 4) is 0 Å². The summed E-state index contributed by atoms with van der Waals surface area (Å²) in [7, 11) is 0. The quantitative estimate of drug-likeness (QED) is 0.423. The molecule has 0 bridgehead atoms. The van der Waals surface area contributed by atoms with Crippen LogP contribution in [0.5, 0.6) is 0 Å². The molecule has 0 aromatic heterocycles. The number of anilines is 1. The molecule has 0 heterocycles. The van der Waals surface area contributed by atoms with Crippen LogP contribution < -0.4 is 16.6 Å². The van der Waals surface area contributed by atoms with Crippen molar-refractivity contribution in [1.29, 1.82) is 0 Å². The summed E-state index contributed by atoms with van der Waals surface area (Å²) in [5.41, 5.74) is 2.22. The van der Waals surface area contributed by atoms with Gasteiger partial charge in [-0.05, 0) is 30.4 Å². The first-order valence-corrected chi connectivity index (χ1v) is 5.99. The molecule has 7 nitrogen and oxygen atoms in total. The van der Waals surface area contributed by atoms with Gasteiger partial charge in [0.1, 0.15) is 11.3 Å². The first-order valence-electron chi connectivity index (χ1n) is 5.99. The molecule has 1 fully saturated rings. The fourth-order valence-corrected chi connectivity index (χ4v) is 1.82. The van der Waals surface area contributed by atoms with Crippen LogP contribution in [0.1, 0.15) is 30.1 Å². The maximum absolute atomic E-state index is 12.0. The number of nitrogens with zero attached hydrogens (tertiary/aromatic N) is 1. The maximum Gasteiger partial charge on any atom is 0.306 e. The van der Waals surface area contributed by atoms with Crippen molar-refractivity contribution in [2.24, 2.45) is 11.3 Å². The van der Waals surface area contributed by atoms with Crippen LogP contribution in [-0.2, 0) is 0 Å². The molecule has 1 aliphatic rings. The zero-order valence-electron chi connectivity index (χ0n) is 10.6. The van der Waals surface area contributed by atoms with E-state index in [-0.39, 0.29) is 22.4 Å². The number of para-hydroxylation sites is 1. The Kier molecular flexibility index (Phi) is 3.39. The van der Waals surface area contributed by atoms with E-state index in [0.717, 1.165) is 12.8 Å². The van der Waals surface area contributed by atoms with E-state index in [1.807, 2.05) is 0 Å². The smallest absolute Gasteiger partial charge is 0.306 e. The number of hydrazine groups is 1. The van der Waals surface area contributed by atoms with Gasteiger partial charge >= 0.3 is 5.69 Å². The van der Waals surface area contributed by atoms with E-state index in [1.165, 1.54) is 12.1 Å². The average molecular weight is 264 g/mol. The number of nitrogen functional groups attached to an aromatic ring is 1.